The van der Waals surface area contributed by atoms with Crippen molar-refractivity contribution < 1.29 is 29.0 Å². The van der Waals surface area contributed by atoms with Gasteiger partial charge in [0.1, 0.15) is 6.61 Å². The van der Waals surface area contributed by atoms with Crippen LogP contribution >= 0.6 is 0 Å². The Morgan fingerprint density at radius 3 is 2.37 bits per heavy atom. The van der Waals surface area contributed by atoms with Crippen molar-refractivity contribution in [1.82, 2.24) is 10.6 Å². The summed E-state index contributed by atoms with van der Waals surface area (Å²) in [6.07, 6.45) is 1.06. The lowest BCUT2D eigenvalue weighted by Gasteiger charge is -2.22. The van der Waals surface area contributed by atoms with Crippen molar-refractivity contribution in [1.29, 1.82) is 0 Å². The van der Waals surface area contributed by atoms with Gasteiger partial charge in [-0.1, -0.05) is 48.5 Å². The van der Waals surface area contributed by atoms with Crippen LogP contribution in [0, 0.1) is 11.3 Å². The Labute approximate surface area is 203 Å². The van der Waals surface area contributed by atoms with Crippen LogP contribution in [0.1, 0.15) is 42.7 Å². The minimum absolute atomic E-state index is 0.00179. The lowest BCUT2D eigenvalue weighted by Crippen LogP contribution is -2.47. The van der Waals surface area contributed by atoms with Crippen LogP contribution < -0.4 is 10.6 Å². The third kappa shape index (κ3) is 3.76. The van der Waals surface area contributed by atoms with Crippen LogP contribution in [0.4, 0.5) is 4.79 Å². The Morgan fingerprint density at radius 2 is 1.69 bits per heavy atom. The Balaban J connectivity index is 1.04. The van der Waals surface area contributed by atoms with Gasteiger partial charge in [0, 0.05) is 18.6 Å². The number of fused-ring (bicyclic) bond motifs is 4. The number of alkyl carbamates (subject to hydrolysis) is 1. The van der Waals surface area contributed by atoms with Crippen LogP contribution in [0.15, 0.2) is 48.5 Å². The molecule has 3 N–H and O–H groups in total. The molecular formula is C27H28N2O6. The van der Waals surface area contributed by atoms with E-state index in [9.17, 15) is 19.5 Å². The predicted molar refractivity (Wildman–Crippen MR) is 126 cm³/mol. The van der Waals surface area contributed by atoms with Crippen LogP contribution in [0.3, 0.4) is 0 Å². The number of hydrogen-bond donors (Lipinski definition) is 3. The number of carbonyl (C=O) groups is 3. The van der Waals surface area contributed by atoms with Crippen molar-refractivity contribution in [2.75, 3.05) is 13.2 Å². The summed E-state index contributed by atoms with van der Waals surface area (Å²) in [7, 11) is 0. The first kappa shape index (κ1) is 22.1. The van der Waals surface area contributed by atoms with Gasteiger partial charge in [0.2, 0.25) is 5.91 Å². The zero-order valence-electron chi connectivity index (χ0n) is 19.2. The van der Waals surface area contributed by atoms with Crippen molar-refractivity contribution in [3.8, 4) is 11.1 Å². The molecule has 0 radical (unpaired) electrons. The molecule has 2 aromatic rings. The fourth-order valence-electron chi connectivity index (χ4n) is 6.39. The standard InChI is InChI=1S/C27H28N2O6/c30-24(31)23-22(9-10-34-23)29-25(32)27-12-15(27)11-16(13-27)28-26(33)35-14-21-19-7-3-1-5-17(19)18-6-2-4-8-20(18)21/h1-8,15-16,21-23H,9-14H2,(H,28,33)(H,29,32)(H,30,31)/t15-,16+,22?,23?,27+/m1/s1. The van der Waals surface area contributed by atoms with Gasteiger partial charge >= 0.3 is 12.1 Å². The maximum Gasteiger partial charge on any atom is 0.407 e. The maximum atomic E-state index is 13.0. The molecular weight excluding hydrogens is 448 g/mol. The van der Waals surface area contributed by atoms with Gasteiger partial charge in [0.15, 0.2) is 6.10 Å². The van der Waals surface area contributed by atoms with Crippen molar-refractivity contribution >= 4 is 18.0 Å². The van der Waals surface area contributed by atoms with Crippen molar-refractivity contribution in [2.24, 2.45) is 11.3 Å². The van der Waals surface area contributed by atoms with E-state index in [0.717, 1.165) is 24.0 Å². The average molecular weight is 477 g/mol. The Morgan fingerprint density at radius 1 is 1.00 bits per heavy atom. The maximum absolute atomic E-state index is 13.0. The van der Waals surface area contributed by atoms with E-state index >= 15 is 0 Å². The van der Waals surface area contributed by atoms with Gasteiger partial charge in [0.25, 0.3) is 0 Å². The van der Waals surface area contributed by atoms with Gasteiger partial charge in [-0.2, -0.15) is 0 Å². The fourth-order valence-corrected chi connectivity index (χ4v) is 6.39. The quantitative estimate of drug-likeness (QED) is 0.591. The van der Waals surface area contributed by atoms with Crippen molar-refractivity contribution in [3.63, 3.8) is 0 Å². The highest BCUT2D eigenvalue weighted by molar-refractivity contribution is 5.88. The van der Waals surface area contributed by atoms with Crippen LogP contribution in [-0.2, 0) is 19.1 Å². The number of nitrogens with one attached hydrogen (secondary N) is 2. The summed E-state index contributed by atoms with van der Waals surface area (Å²) in [6, 6.07) is 15.8. The molecule has 8 heteroatoms. The molecule has 4 aliphatic rings. The Kier molecular flexibility index (Phi) is 5.29. The number of carboxylic acids is 1. The van der Waals surface area contributed by atoms with Crippen molar-refractivity contribution in [3.05, 3.63) is 59.7 Å². The van der Waals surface area contributed by atoms with Crippen LogP contribution in [-0.4, -0.2) is 54.5 Å². The zero-order chi connectivity index (χ0) is 24.2. The number of amides is 2. The molecule has 2 unspecified atom stereocenters. The van der Waals surface area contributed by atoms with Crippen molar-refractivity contribution in [2.45, 2.75) is 49.8 Å². The molecule has 2 saturated carbocycles. The van der Waals surface area contributed by atoms with Gasteiger partial charge in [-0.05, 0) is 53.9 Å². The minimum Gasteiger partial charge on any atom is -0.479 e. The minimum atomic E-state index is -1.06. The lowest BCUT2D eigenvalue weighted by molar-refractivity contribution is -0.148. The van der Waals surface area contributed by atoms with Crippen LogP contribution in [0.25, 0.3) is 11.1 Å². The third-order valence-electron chi connectivity index (χ3n) is 8.18. The molecule has 1 saturated heterocycles. The number of hydrogen-bond acceptors (Lipinski definition) is 5. The SMILES string of the molecule is O=C(N[C@H]1C[C@@H]2C[C@]2(C(=O)NC2CCOC2C(=O)O)C1)OCC1c2ccccc2-c2ccccc21. The van der Waals surface area contributed by atoms with Crippen LogP contribution in [0.5, 0.6) is 0 Å². The summed E-state index contributed by atoms with van der Waals surface area (Å²) in [5, 5.41) is 15.1. The van der Waals surface area contributed by atoms with E-state index < -0.39 is 29.6 Å². The molecule has 182 valence electrons. The smallest absolute Gasteiger partial charge is 0.407 e. The van der Waals surface area contributed by atoms with E-state index in [4.69, 9.17) is 9.47 Å². The topological polar surface area (TPSA) is 114 Å². The molecule has 3 aliphatic carbocycles. The summed E-state index contributed by atoms with van der Waals surface area (Å²) >= 11 is 0. The number of carbonyl (C=O) groups excluding carboxylic acids is 2. The molecule has 2 amide bonds. The summed E-state index contributed by atoms with van der Waals surface area (Å²) in [5.74, 6) is -0.981. The van der Waals surface area contributed by atoms with Gasteiger partial charge in [-0.25, -0.2) is 9.59 Å². The molecule has 0 spiro atoms. The second-order valence-corrected chi connectivity index (χ2v) is 10.2. The molecule has 1 heterocycles. The van der Waals surface area contributed by atoms with E-state index in [1.54, 1.807) is 0 Å². The highest BCUT2D eigenvalue weighted by Gasteiger charge is 2.65. The summed E-state index contributed by atoms with van der Waals surface area (Å²) in [5.41, 5.74) is 4.16. The van der Waals surface area contributed by atoms with E-state index in [-0.39, 0.29) is 30.4 Å². The largest absolute Gasteiger partial charge is 0.479 e. The zero-order valence-corrected chi connectivity index (χ0v) is 19.2. The monoisotopic (exact) mass is 476 g/mol. The lowest BCUT2D eigenvalue weighted by atomic mass is 9.98. The highest BCUT2D eigenvalue weighted by Crippen LogP contribution is 2.63. The second kappa shape index (κ2) is 8.37. The molecule has 6 rings (SSSR count). The van der Waals surface area contributed by atoms with E-state index in [1.807, 2.05) is 24.3 Å². The first-order chi connectivity index (χ1) is 17.0. The fraction of sp³-hybridized carbons (Fsp3) is 0.444. The second-order valence-electron chi connectivity index (χ2n) is 10.2. The molecule has 35 heavy (non-hydrogen) atoms. The summed E-state index contributed by atoms with van der Waals surface area (Å²) in [6.45, 7) is 0.574. The summed E-state index contributed by atoms with van der Waals surface area (Å²) < 4.78 is 10.9. The molecule has 2 aromatic carbocycles. The Hall–Kier alpha value is -3.39. The number of aliphatic carboxylic acids is 1. The molecule has 1 aliphatic heterocycles. The van der Waals surface area contributed by atoms with Gasteiger partial charge in [-0.3, -0.25) is 4.79 Å². The molecule has 8 nitrogen and oxygen atoms in total. The van der Waals surface area contributed by atoms with Gasteiger partial charge in [-0.15, -0.1) is 0 Å². The number of rotatable bonds is 6. The van der Waals surface area contributed by atoms with Gasteiger partial charge < -0.3 is 25.2 Å². The molecule has 0 aromatic heterocycles. The first-order valence-electron chi connectivity index (χ1n) is 12.2. The number of ether oxygens (including phenoxy) is 2. The number of carboxylic acid groups (broad SMARTS) is 1. The van der Waals surface area contributed by atoms with Gasteiger partial charge in [0.05, 0.1) is 11.5 Å². The highest BCUT2D eigenvalue weighted by atomic mass is 16.5. The first-order valence-corrected chi connectivity index (χ1v) is 12.2. The average Bonchev–Trinajstić information content (AvgIpc) is 3.17. The molecule has 0 bridgehead atoms. The normalized spacial score (nSPS) is 30.2. The van der Waals surface area contributed by atoms with E-state index in [0.29, 0.717) is 19.4 Å². The Bertz CT molecular complexity index is 1150. The summed E-state index contributed by atoms with van der Waals surface area (Å²) in [4.78, 5) is 37.0. The number of benzene rings is 2. The third-order valence-corrected chi connectivity index (χ3v) is 8.18. The van der Waals surface area contributed by atoms with E-state index in [1.165, 1.54) is 11.1 Å². The molecule has 5 atom stereocenters. The van der Waals surface area contributed by atoms with Crippen LogP contribution in [0.2, 0.25) is 0 Å². The predicted octanol–water partition coefficient (Wildman–Crippen LogP) is 3.05. The van der Waals surface area contributed by atoms with E-state index in [2.05, 4.69) is 34.9 Å². The molecule has 3 fully saturated rings.